The van der Waals surface area contributed by atoms with Gasteiger partial charge in [0.15, 0.2) is 0 Å². The van der Waals surface area contributed by atoms with Crippen molar-refractivity contribution in [2.75, 3.05) is 39.3 Å². The lowest BCUT2D eigenvalue weighted by Gasteiger charge is -2.27. The van der Waals surface area contributed by atoms with Crippen LogP contribution in [0.4, 0.5) is 0 Å². The Labute approximate surface area is 153 Å². The van der Waals surface area contributed by atoms with Crippen LogP contribution in [0.1, 0.15) is 16.8 Å². The summed E-state index contributed by atoms with van der Waals surface area (Å²) in [6.07, 6.45) is 2.68. The van der Waals surface area contributed by atoms with Gasteiger partial charge in [-0.25, -0.2) is 0 Å². The van der Waals surface area contributed by atoms with Crippen LogP contribution >= 0.6 is 11.6 Å². The van der Waals surface area contributed by atoms with Gasteiger partial charge in [-0.1, -0.05) is 29.8 Å². The van der Waals surface area contributed by atoms with Crippen LogP contribution in [0.15, 0.2) is 30.5 Å². The molecule has 1 aromatic heterocycles. The lowest BCUT2D eigenvalue weighted by atomic mass is 10.1. The van der Waals surface area contributed by atoms with E-state index in [1.165, 1.54) is 0 Å². The molecule has 1 aliphatic rings. The van der Waals surface area contributed by atoms with Gasteiger partial charge in [-0.2, -0.15) is 5.10 Å². The molecule has 0 atom stereocenters. The third kappa shape index (κ3) is 4.60. The number of carbonyl (C=O) groups excluding carboxylic acids is 1. The predicted octanol–water partition coefficient (Wildman–Crippen LogP) is 1.77. The monoisotopic (exact) mass is 361 g/mol. The minimum atomic E-state index is -0.108. The van der Waals surface area contributed by atoms with Crippen molar-refractivity contribution in [1.82, 2.24) is 25.3 Å². The first-order valence-electron chi connectivity index (χ1n) is 8.65. The van der Waals surface area contributed by atoms with Gasteiger partial charge in [0.1, 0.15) is 5.69 Å². The van der Waals surface area contributed by atoms with Gasteiger partial charge in [-0.3, -0.25) is 9.48 Å². The van der Waals surface area contributed by atoms with Crippen LogP contribution in [-0.2, 0) is 7.05 Å². The van der Waals surface area contributed by atoms with E-state index >= 15 is 0 Å². The van der Waals surface area contributed by atoms with Crippen LogP contribution < -0.4 is 10.6 Å². The second-order valence-electron chi connectivity index (χ2n) is 6.25. The fraction of sp³-hybridized carbons (Fsp3) is 0.444. The Balaban J connectivity index is 1.60. The third-order valence-electron chi connectivity index (χ3n) is 4.35. The molecule has 6 nitrogen and oxygen atoms in total. The number of halogens is 1. The van der Waals surface area contributed by atoms with E-state index in [1.54, 1.807) is 16.9 Å². The van der Waals surface area contributed by atoms with E-state index in [9.17, 15) is 4.79 Å². The van der Waals surface area contributed by atoms with Crippen molar-refractivity contribution in [3.8, 4) is 11.3 Å². The highest BCUT2D eigenvalue weighted by atomic mass is 35.5. The molecule has 7 heteroatoms. The van der Waals surface area contributed by atoms with Gasteiger partial charge in [-0.15, -0.1) is 0 Å². The quantitative estimate of drug-likeness (QED) is 0.770. The molecule has 2 aromatic rings. The fourth-order valence-electron chi connectivity index (χ4n) is 3.04. The Kier molecular flexibility index (Phi) is 6.07. The summed E-state index contributed by atoms with van der Waals surface area (Å²) in [5.74, 6) is -0.108. The zero-order valence-corrected chi connectivity index (χ0v) is 15.2. The fourth-order valence-corrected chi connectivity index (χ4v) is 3.27. The largest absolute Gasteiger partial charge is 0.352 e. The van der Waals surface area contributed by atoms with E-state index in [2.05, 4.69) is 20.6 Å². The van der Waals surface area contributed by atoms with Crippen molar-refractivity contribution in [2.24, 2.45) is 7.05 Å². The minimum Gasteiger partial charge on any atom is -0.352 e. The summed E-state index contributed by atoms with van der Waals surface area (Å²) in [6.45, 7) is 5.90. The van der Waals surface area contributed by atoms with Gasteiger partial charge in [0.05, 0.1) is 10.6 Å². The van der Waals surface area contributed by atoms with Gasteiger partial charge in [0.25, 0.3) is 5.91 Å². The van der Waals surface area contributed by atoms with Crippen LogP contribution in [-0.4, -0.2) is 59.9 Å². The lowest BCUT2D eigenvalue weighted by Crippen LogP contribution is -2.44. The average Bonchev–Trinajstić information content (AvgIpc) is 3.01. The summed E-state index contributed by atoms with van der Waals surface area (Å²) in [5, 5.41) is 11.4. The van der Waals surface area contributed by atoms with Gasteiger partial charge < -0.3 is 15.5 Å². The summed E-state index contributed by atoms with van der Waals surface area (Å²) in [5.41, 5.74) is 1.95. The number of hydrogen-bond acceptors (Lipinski definition) is 4. The summed E-state index contributed by atoms with van der Waals surface area (Å²) < 4.78 is 1.65. The van der Waals surface area contributed by atoms with Crippen molar-refractivity contribution in [3.05, 3.63) is 41.0 Å². The first-order valence-corrected chi connectivity index (χ1v) is 9.03. The standard InChI is InChI=1S/C18H24ClN5O/c1-23-13-15(17(22-23)14-5-2-3-6-16(14)19)18(25)21-7-4-10-24-11-8-20-9-12-24/h2-3,5-6,13,20H,4,7-12H2,1H3,(H,21,25). The minimum absolute atomic E-state index is 0.108. The molecule has 0 spiro atoms. The van der Waals surface area contributed by atoms with Crippen LogP contribution in [0.25, 0.3) is 11.3 Å². The lowest BCUT2D eigenvalue weighted by molar-refractivity contribution is 0.0952. The number of amides is 1. The number of rotatable bonds is 6. The molecule has 2 heterocycles. The second kappa shape index (κ2) is 8.47. The zero-order valence-electron chi connectivity index (χ0n) is 14.5. The van der Waals surface area contributed by atoms with Crippen molar-refractivity contribution in [2.45, 2.75) is 6.42 Å². The maximum atomic E-state index is 12.6. The summed E-state index contributed by atoms with van der Waals surface area (Å²) >= 11 is 6.27. The van der Waals surface area contributed by atoms with Crippen molar-refractivity contribution in [1.29, 1.82) is 0 Å². The molecule has 1 aromatic carbocycles. The number of hydrogen-bond donors (Lipinski definition) is 2. The van der Waals surface area contributed by atoms with E-state index in [4.69, 9.17) is 11.6 Å². The Morgan fingerprint density at radius 2 is 2.08 bits per heavy atom. The molecule has 1 aliphatic heterocycles. The van der Waals surface area contributed by atoms with Gasteiger partial charge >= 0.3 is 0 Å². The smallest absolute Gasteiger partial charge is 0.255 e. The molecule has 134 valence electrons. The van der Waals surface area contributed by atoms with Gasteiger partial charge in [0.2, 0.25) is 0 Å². The molecular weight excluding hydrogens is 338 g/mol. The first kappa shape index (κ1) is 17.9. The Morgan fingerprint density at radius 1 is 1.32 bits per heavy atom. The normalized spacial score (nSPS) is 15.3. The molecule has 25 heavy (non-hydrogen) atoms. The Bertz CT molecular complexity index is 724. The van der Waals surface area contributed by atoms with Crippen molar-refractivity contribution in [3.63, 3.8) is 0 Å². The number of benzene rings is 1. The van der Waals surface area contributed by atoms with E-state index in [1.807, 2.05) is 25.2 Å². The molecule has 0 aliphatic carbocycles. The number of aryl methyl sites for hydroxylation is 1. The predicted molar refractivity (Wildman–Crippen MR) is 99.9 cm³/mol. The van der Waals surface area contributed by atoms with Gasteiger partial charge in [0, 0.05) is 51.5 Å². The highest BCUT2D eigenvalue weighted by Crippen LogP contribution is 2.28. The molecule has 1 fully saturated rings. The topological polar surface area (TPSA) is 62.2 Å². The summed E-state index contributed by atoms with van der Waals surface area (Å²) in [7, 11) is 1.81. The number of carbonyl (C=O) groups is 1. The number of aromatic nitrogens is 2. The molecular formula is C18H24ClN5O. The molecule has 0 bridgehead atoms. The van der Waals surface area contributed by atoms with Crippen LogP contribution in [0, 0.1) is 0 Å². The molecule has 0 saturated carbocycles. The Morgan fingerprint density at radius 3 is 2.84 bits per heavy atom. The molecule has 0 radical (unpaired) electrons. The Hall–Kier alpha value is -1.89. The zero-order chi connectivity index (χ0) is 17.6. The van der Waals surface area contributed by atoms with Crippen molar-refractivity contribution < 1.29 is 4.79 Å². The third-order valence-corrected chi connectivity index (χ3v) is 4.68. The number of nitrogens with zero attached hydrogens (tertiary/aromatic N) is 3. The maximum absolute atomic E-state index is 12.6. The number of piperazine rings is 1. The van der Waals surface area contributed by atoms with Crippen LogP contribution in [0.3, 0.4) is 0 Å². The number of nitrogens with one attached hydrogen (secondary N) is 2. The van der Waals surface area contributed by atoms with E-state index in [-0.39, 0.29) is 5.91 Å². The summed E-state index contributed by atoms with van der Waals surface area (Å²) in [4.78, 5) is 15.0. The second-order valence-corrected chi connectivity index (χ2v) is 6.65. The summed E-state index contributed by atoms with van der Waals surface area (Å²) in [6, 6.07) is 7.45. The van der Waals surface area contributed by atoms with Crippen molar-refractivity contribution >= 4 is 17.5 Å². The van der Waals surface area contributed by atoms with E-state index in [0.717, 1.165) is 44.7 Å². The molecule has 0 unspecified atom stereocenters. The molecule has 2 N–H and O–H groups in total. The molecule has 1 amide bonds. The highest BCUT2D eigenvalue weighted by Gasteiger charge is 2.18. The SMILES string of the molecule is Cn1cc(C(=O)NCCCN2CCNCC2)c(-c2ccccc2Cl)n1. The first-order chi connectivity index (χ1) is 12.1. The van der Waals surface area contributed by atoms with Crippen LogP contribution in [0.5, 0.6) is 0 Å². The highest BCUT2D eigenvalue weighted by molar-refractivity contribution is 6.33. The van der Waals surface area contributed by atoms with E-state index < -0.39 is 0 Å². The molecule has 1 saturated heterocycles. The van der Waals surface area contributed by atoms with Gasteiger partial charge in [-0.05, 0) is 19.0 Å². The van der Waals surface area contributed by atoms with E-state index in [0.29, 0.717) is 22.8 Å². The average molecular weight is 362 g/mol. The maximum Gasteiger partial charge on any atom is 0.255 e. The molecule has 3 rings (SSSR count). The van der Waals surface area contributed by atoms with Crippen LogP contribution in [0.2, 0.25) is 5.02 Å².